The van der Waals surface area contributed by atoms with Gasteiger partial charge in [0.15, 0.2) is 0 Å². The van der Waals surface area contributed by atoms with Crippen LogP contribution >= 0.6 is 0 Å². The molecule has 0 saturated carbocycles. The standard InChI is InChI=1S/C16H32O5/c1-5-7-8-18-9-10-19-11-12-20-13-14-21-15(17)16(3,4)6-2/h5-14H2,1-4H3. The van der Waals surface area contributed by atoms with Crippen molar-refractivity contribution in [3.63, 3.8) is 0 Å². The lowest BCUT2D eigenvalue weighted by Gasteiger charge is -2.20. The molecular weight excluding hydrogens is 272 g/mol. The van der Waals surface area contributed by atoms with E-state index in [1.54, 1.807) is 0 Å². The van der Waals surface area contributed by atoms with Crippen LogP contribution in [0.2, 0.25) is 0 Å². The maximum absolute atomic E-state index is 11.7. The first kappa shape index (κ1) is 20.3. The monoisotopic (exact) mass is 304 g/mol. The summed E-state index contributed by atoms with van der Waals surface area (Å²) < 4.78 is 21.2. The highest BCUT2D eigenvalue weighted by Gasteiger charge is 2.26. The third kappa shape index (κ3) is 11.7. The topological polar surface area (TPSA) is 54.0 Å². The molecule has 0 aliphatic carbocycles. The van der Waals surface area contributed by atoms with Crippen molar-refractivity contribution in [1.29, 1.82) is 0 Å². The molecule has 0 rings (SSSR count). The van der Waals surface area contributed by atoms with Gasteiger partial charge in [0.05, 0.1) is 38.4 Å². The number of esters is 1. The molecule has 0 aromatic heterocycles. The van der Waals surface area contributed by atoms with Crippen LogP contribution in [0, 0.1) is 5.41 Å². The number of ether oxygens (including phenoxy) is 4. The second-order valence-electron chi connectivity index (χ2n) is 5.56. The Kier molecular flexibility index (Phi) is 12.6. The first-order valence-electron chi connectivity index (χ1n) is 7.95. The van der Waals surface area contributed by atoms with Crippen LogP contribution in [-0.2, 0) is 23.7 Å². The van der Waals surface area contributed by atoms with Crippen LogP contribution < -0.4 is 0 Å². The zero-order chi connectivity index (χ0) is 16.0. The van der Waals surface area contributed by atoms with Crippen molar-refractivity contribution in [3.05, 3.63) is 0 Å². The van der Waals surface area contributed by atoms with Crippen LogP contribution in [0.15, 0.2) is 0 Å². The highest BCUT2D eigenvalue weighted by Crippen LogP contribution is 2.21. The molecule has 126 valence electrons. The summed E-state index contributed by atoms with van der Waals surface area (Å²) in [5.41, 5.74) is -0.416. The predicted octanol–water partition coefficient (Wildman–Crippen LogP) is 2.82. The van der Waals surface area contributed by atoms with Crippen molar-refractivity contribution in [2.45, 2.75) is 47.0 Å². The van der Waals surface area contributed by atoms with E-state index in [0.717, 1.165) is 25.9 Å². The second-order valence-corrected chi connectivity index (χ2v) is 5.56. The van der Waals surface area contributed by atoms with Crippen LogP contribution in [0.25, 0.3) is 0 Å². The number of hydrogen-bond donors (Lipinski definition) is 0. The molecule has 0 N–H and O–H groups in total. The van der Waals surface area contributed by atoms with Gasteiger partial charge in [-0.05, 0) is 26.7 Å². The van der Waals surface area contributed by atoms with Crippen LogP contribution in [0.4, 0.5) is 0 Å². The van der Waals surface area contributed by atoms with E-state index in [1.807, 2.05) is 20.8 Å². The van der Waals surface area contributed by atoms with Crippen LogP contribution in [-0.4, -0.2) is 52.2 Å². The molecule has 0 aliphatic rings. The third-order valence-corrected chi connectivity index (χ3v) is 3.28. The molecule has 0 aromatic rings. The van der Waals surface area contributed by atoms with Gasteiger partial charge in [-0.1, -0.05) is 20.3 Å². The average Bonchev–Trinajstić information content (AvgIpc) is 2.48. The first-order valence-corrected chi connectivity index (χ1v) is 7.95. The zero-order valence-electron chi connectivity index (χ0n) is 14.1. The van der Waals surface area contributed by atoms with Gasteiger partial charge in [0.25, 0.3) is 0 Å². The quantitative estimate of drug-likeness (QED) is 0.365. The van der Waals surface area contributed by atoms with E-state index in [9.17, 15) is 4.79 Å². The van der Waals surface area contributed by atoms with Crippen molar-refractivity contribution in [3.8, 4) is 0 Å². The van der Waals surface area contributed by atoms with Gasteiger partial charge in [-0.3, -0.25) is 4.79 Å². The Bertz CT molecular complexity index is 253. The summed E-state index contributed by atoms with van der Waals surface area (Å²) in [4.78, 5) is 11.7. The number of carbonyl (C=O) groups is 1. The lowest BCUT2D eigenvalue weighted by molar-refractivity contribution is -0.155. The molecule has 0 heterocycles. The molecule has 0 unspecified atom stereocenters. The molecule has 21 heavy (non-hydrogen) atoms. The summed E-state index contributed by atoms with van der Waals surface area (Å²) >= 11 is 0. The molecule has 0 saturated heterocycles. The van der Waals surface area contributed by atoms with Gasteiger partial charge < -0.3 is 18.9 Å². The Balaban J connectivity index is 3.25. The molecule has 0 atom stereocenters. The van der Waals surface area contributed by atoms with Crippen molar-refractivity contribution in [2.75, 3.05) is 46.2 Å². The van der Waals surface area contributed by atoms with Gasteiger partial charge in [-0.15, -0.1) is 0 Å². The van der Waals surface area contributed by atoms with E-state index < -0.39 is 5.41 Å². The zero-order valence-corrected chi connectivity index (χ0v) is 14.1. The fraction of sp³-hybridized carbons (Fsp3) is 0.938. The van der Waals surface area contributed by atoms with Crippen LogP contribution in [0.3, 0.4) is 0 Å². The van der Waals surface area contributed by atoms with E-state index in [2.05, 4.69) is 6.92 Å². The molecule has 0 amide bonds. The Morgan fingerprint density at radius 1 is 0.810 bits per heavy atom. The van der Waals surface area contributed by atoms with Gasteiger partial charge >= 0.3 is 5.97 Å². The van der Waals surface area contributed by atoms with Crippen molar-refractivity contribution < 1.29 is 23.7 Å². The summed E-state index contributed by atoms with van der Waals surface area (Å²) in [5, 5.41) is 0. The predicted molar refractivity (Wildman–Crippen MR) is 82.4 cm³/mol. The Labute approximate surface area is 129 Å². The first-order chi connectivity index (χ1) is 10.0. The number of carbonyl (C=O) groups excluding carboxylic acids is 1. The Morgan fingerprint density at radius 3 is 1.76 bits per heavy atom. The fourth-order valence-electron chi connectivity index (χ4n) is 1.32. The summed E-state index contributed by atoms with van der Waals surface area (Å²) in [6.07, 6.45) is 3.01. The number of unbranched alkanes of at least 4 members (excludes halogenated alkanes) is 1. The highest BCUT2D eigenvalue weighted by atomic mass is 16.6. The minimum absolute atomic E-state index is 0.172. The van der Waals surface area contributed by atoms with E-state index in [1.165, 1.54) is 0 Å². The summed E-state index contributed by atoms with van der Waals surface area (Å²) in [7, 11) is 0. The lowest BCUT2D eigenvalue weighted by Crippen LogP contribution is -2.27. The molecule has 5 nitrogen and oxygen atoms in total. The largest absolute Gasteiger partial charge is 0.463 e. The van der Waals surface area contributed by atoms with Gasteiger partial charge in [-0.2, -0.15) is 0 Å². The van der Waals surface area contributed by atoms with Crippen molar-refractivity contribution in [2.24, 2.45) is 5.41 Å². The maximum Gasteiger partial charge on any atom is 0.311 e. The van der Waals surface area contributed by atoms with Crippen molar-refractivity contribution in [1.82, 2.24) is 0 Å². The third-order valence-electron chi connectivity index (χ3n) is 3.28. The normalized spacial score (nSPS) is 11.6. The highest BCUT2D eigenvalue weighted by molar-refractivity contribution is 5.75. The molecule has 0 bridgehead atoms. The summed E-state index contributed by atoms with van der Waals surface area (Å²) in [6, 6.07) is 0. The van der Waals surface area contributed by atoms with E-state index >= 15 is 0 Å². The minimum Gasteiger partial charge on any atom is -0.463 e. The van der Waals surface area contributed by atoms with Crippen LogP contribution in [0.1, 0.15) is 47.0 Å². The summed E-state index contributed by atoms with van der Waals surface area (Å²) in [6.45, 7) is 11.6. The van der Waals surface area contributed by atoms with Gasteiger partial charge in [0, 0.05) is 6.61 Å². The van der Waals surface area contributed by atoms with Gasteiger partial charge in [-0.25, -0.2) is 0 Å². The smallest absolute Gasteiger partial charge is 0.311 e. The van der Waals surface area contributed by atoms with E-state index in [-0.39, 0.29) is 5.97 Å². The molecule has 0 aromatic carbocycles. The van der Waals surface area contributed by atoms with E-state index in [0.29, 0.717) is 39.6 Å². The molecule has 5 heteroatoms. The average molecular weight is 304 g/mol. The summed E-state index contributed by atoms with van der Waals surface area (Å²) in [5.74, 6) is -0.172. The number of hydrogen-bond acceptors (Lipinski definition) is 5. The Morgan fingerprint density at radius 2 is 1.29 bits per heavy atom. The number of rotatable bonds is 14. The lowest BCUT2D eigenvalue weighted by atomic mass is 9.91. The second kappa shape index (κ2) is 13.0. The van der Waals surface area contributed by atoms with Gasteiger partial charge in [0.2, 0.25) is 0 Å². The molecule has 0 spiro atoms. The molecule has 0 aliphatic heterocycles. The van der Waals surface area contributed by atoms with Gasteiger partial charge in [0.1, 0.15) is 6.61 Å². The fourth-order valence-corrected chi connectivity index (χ4v) is 1.32. The molecule has 0 fully saturated rings. The Hall–Kier alpha value is -0.650. The minimum atomic E-state index is -0.416. The molecular formula is C16H32O5. The maximum atomic E-state index is 11.7. The molecule has 0 radical (unpaired) electrons. The van der Waals surface area contributed by atoms with E-state index in [4.69, 9.17) is 18.9 Å². The van der Waals surface area contributed by atoms with Crippen molar-refractivity contribution >= 4 is 5.97 Å². The SMILES string of the molecule is CCCCOCCOCCOCCOC(=O)C(C)(C)CC. The van der Waals surface area contributed by atoms with Crippen LogP contribution in [0.5, 0.6) is 0 Å².